The van der Waals surface area contributed by atoms with Gasteiger partial charge < -0.3 is 20.5 Å². The van der Waals surface area contributed by atoms with Crippen LogP contribution in [0.5, 0.6) is 17.4 Å². The Balaban J connectivity index is 1.50. The lowest BCUT2D eigenvalue weighted by atomic mass is 10.2. The van der Waals surface area contributed by atoms with E-state index in [1.165, 1.54) is 6.20 Å². The van der Waals surface area contributed by atoms with Gasteiger partial charge in [-0.05, 0) is 36.4 Å². The lowest BCUT2D eigenvalue weighted by Gasteiger charge is -2.10. The van der Waals surface area contributed by atoms with Gasteiger partial charge in [-0.25, -0.2) is 15.0 Å². The fraction of sp³-hybridized carbons (Fsp3) is 0.0455. The van der Waals surface area contributed by atoms with Crippen molar-refractivity contribution in [3.8, 4) is 34.7 Å². The van der Waals surface area contributed by atoms with E-state index in [0.29, 0.717) is 34.6 Å². The Bertz CT molecular complexity index is 1240. The van der Waals surface area contributed by atoms with Gasteiger partial charge >= 0.3 is 0 Å². The summed E-state index contributed by atoms with van der Waals surface area (Å²) in [5, 5.41) is 12.1. The first kappa shape index (κ1) is 19.6. The molecule has 9 heteroatoms. The molecule has 0 bridgehead atoms. The molecule has 0 unspecified atom stereocenters. The van der Waals surface area contributed by atoms with Crippen LogP contribution in [-0.4, -0.2) is 27.0 Å². The topological polar surface area (TPSA) is 132 Å². The van der Waals surface area contributed by atoms with Crippen molar-refractivity contribution in [3.63, 3.8) is 0 Å². The predicted octanol–water partition coefficient (Wildman–Crippen LogP) is 3.93. The smallest absolute Gasteiger partial charge is 0.222 e. The largest absolute Gasteiger partial charge is 0.481 e. The van der Waals surface area contributed by atoms with Gasteiger partial charge in [0.05, 0.1) is 12.8 Å². The summed E-state index contributed by atoms with van der Waals surface area (Å²) in [5.74, 6) is 2.35. The van der Waals surface area contributed by atoms with Crippen LogP contribution in [0.3, 0.4) is 0 Å². The highest BCUT2D eigenvalue weighted by Crippen LogP contribution is 2.26. The second kappa shape index (κ2) is 8.75. The Morgan fingerprint density at radius 1 is 0.968 bits per heavy atom. The molecule has 0 aliphatic carbocycles. The Kier molecular flexibility index (Phi) is 5.53. The molecule has 0 radical (unpaired) electrons. The van der Waals surface area contributed by atoms with Crippen molar-refractivity contribution in [2.75, 3.05) is 18.2 Å². The van der Waals surface area contributed by atoms with Crippen molar-refractivity contribution in [2.45, 2.75) is 0 Å². The summed E-state index contributed by atoms with van der Waals surface area (Å²) >= 11 is 0. The number of hydrogen-bond acceptors (Lipinski definition) is 9. The molecule has 3 aromatic heterocycles. The molecule has 0 amide bonds. The van der Waals surface area contributed by atoms with E-state index in [0.717, 1.165) is 11.3 Å². The minimum absolute atomic E-state index is 0.141. The second-order valence-electron chi connectivity index (χ2n) is 6.33. The van der Waals surface area contributed by atoms with Crippen LogP contribution >= 0.6 is 0 Å². The third kappa shape index (κ3) is 4.83. The van der Waals surface area contributed by atoms with Crippen LogP contribution in [0, 0.1) is 11.3 Å². The number of ether oxygens (including phenoxy) is 2. The summed E-state index contributed by atoms with van der Waals surface area (Å²) in [7, 11) is 1.56. The molecule has 152 valence electrons. The average Bonchev–Trinajstić information content (AvgIpc) is 2.80. The molecule has 4 aromatic rings. The van der Waals surface area contributed by atoms with Crippen LogP contribution in [0.4, 0.5) is 17.5 Å². The van der Waals surface area contributed by atoms with Crippen LogP contribution in [0.2, 0.25) is 0 Å². The molecule has 0 saturated carbocycles. The van der Waals surface area contributed by atoms with E-state index in [2.05, 4.69) is 25.3 Å². The molecular weight excluding hydrogens is 394 g/mol. The standard InChI is InChI=1S/C22H17N7O2/c1-30-21-7-2-14(13-26-21)19-11-20(29-22(24)28-19)27-15-3-5-17(6-4-15)31-18-8-9-25-16(10-18)12-23/h2-11,13H,1H3,(H3,24,27,28,29). The Hall–Kier alpha value is -4.71. The lowest BCUT2D eigenvalue weighted by molar-refractivity contribution is 0.398. The summed E-state index contributed by atoms with van der Waals surface area (Å²) in [6, 6.07) is 17.9. The molecule has 4 rings (SSSR count). The van der Waals surface area contributed by atoms with Crippen molar-refractivity contribution < 1.29 is 9.47 Å². The Morgan fingerprint density at radius 3 is 2.52 bits per heavy atom. The zero-order valence-corrected chi connectivity index (χ0v) is 16.5. The number of rotatable bonds is 6. The maximum Gasteiger partial charge on any atom is 0.222 e. The fourth-order valence-corrected chi connectivity index (χ4v) is 2.76. The molecule has 9 nitrogen and oxygen atoms in total. The minimum atomic E-state index is 0.141. The van der Waals surface area contributed by atoms with Crippen LogP contribution in [0.25, 0.3) is 11.3 Å². The first-order valence-corrected chi connectivity index (χ1v) is 9.19. The first-order valence-electron chi connectivity index (χ1n) is 9.19. The zero-order valence-electron chi connectivity index (χ0n) is 16.5. The molecule has 3 heterocycles. The van der Waals surface area contributed by atoms with E-state index in [9.17, 15) is 0 Å². The van der Waals surface area contributed by atoms with Gasteiger partial charge in [-0.1, -0.05) is 0 Å². The fourth-order valence-electron chi connectivity index (χ4n) is 2.76. The van der Waals surface area contributed by atoms with Crippen LogP contribution < -0.4 is 20.5 Å². The molecule has 0 saturated heterocycles. The number of pyridine rings is 2. The molecule has 31 heavy (non-hydrogen) atoms. The normalized spacial score (nSPS) is 10.2. The summed E-state index contributed by atoms with van der Waals surface area (Å²) in [6.45, 7) is 0. The van der Waals surface area contributed by atoms with Crippen LogP contribution in [0.1, 0.15) is 5.69 Å². The number of nitriles is 1. The molecule has 0 fully saturated rings. The van der Waals surface area contributed by atoms with Gasteiger partial charge in [0.15, 0.2) is 0 Å². The molecule has 0 aliphatic rings. The van der Waals surface area contributed by atoms with Crippen LogP contribution in [-0.2, 0) is 0 Å². The van der Waals surface area contributed by atoms with Gasteiger partial charge in [-0.3, -0.25) is 0 Å². The SMILES string of the molecule is COc1ccc(-c2cc(Nc3ccc(Oc4ccnc(C#N)c4)cc3)nc(N)n2)cn1. The highest BCUT2D eigenvalue weighted by molar-refractivity contribution is 5.67. The number of nitrogens with one attached hydrogen (secondary N) is 1. The Labute approximate surface area is 178 Å². The van der Waals surface area contributed by atoms with Crippen molar-refractivity contribution >= 4 is 17.5 Å². The van der Waals surface area contributed by atoms with Gasteiger partial charge in [0.2, 0.25) is 11.8 Å². The van der Waals surface area contributed by atoms with Crippen molar-refractivity contribution in [2.24, 2.45) is 0 Å². The molecule has 1 aromatic carbocycles. The molecule has 0 atom stereocenters. The van der Waals surface area contributed by atoms with E-state index in [1.54, 1.807) is 49.7 Å². The molecular formula is C22H17N7O2. The minimum Gasteiger partial charge on any atom is -0.481 e. The number of aromatic nitrogens is 4. The molecule has 0 aliphatic heterocycles. The second-order valence-corrected chi connectivity index (χ2v) is 6.33. The van der Waals surface area contributed by atoms with E-state index in [4.69, 9.17) is 20.5 Å². The van der Waals surface area contributed by atoms with E-state index < -0.39 is 0 Å². The maximum absolute atomic E-state index is 8.94. The van der Waals surface area contributed by atoms with Gasteiger partial charge in [-0.2, -0.15) is 10.2 Å². The van der Waals surface area contributed by atoms with Gasteiger partial charge in [0.1, 0.15) is 29.1 Å². The predicted molar refractivity (Wildman–Crippen MR) is 115 cm³/mol. The zero-order chi connectivity index (χ0) is 21.6. The highest BCUT2D eigenvalue weighted by atomic mass is 16.5. The monoisotopic (exact) mass is 411 g/mol. The van der Waals surface area contributed by atoms with Gasteiger partial charge in [0, 0.05) is 41.8 Å². The van der Waals surface area contributed by atoms with E-state index in [-0.39, 0.29) is 5.95 Å². The average molecular weight is 411 g/mol. The van der Waals surface area contributed by atoms with Crippen LogP contribution in [0.15, 0.2) is 67.0 Å². The number of nitrogens with zero attached hydrogens (tertiary/aromatic N) is 5. The number of benzene rings is 1. The third-order valence-corrected chi connectivity index (χ3v) is 4.19. The molecule has 3 N–H and O–H groups in total. The summed E-state index contributed by atoms with van der Waals surface area (Å²) in [4.78, 5) is 16.6. The summed E-state index contributed by atoms with van der Waals surface area (Å²) in [6.07, 6.45) is 3.19. The van der Waals surface area contributed by atoms with Crippen molar-refractivity contribution in [3.05, 3.63) is 72.7 Å². The number of nitrogen functional groups attached to an aromatic ring is 1. The summed E-state index contributed by atoms with van der Waals surface area (Å²) < 4.78 is 10.8. The van der Waals surface area contributed by atoms with Crippen molar-refractivity contribution in [1.29, 1.82) is 5.26 Å². The lowest BCUT2D eigenvalue weighted by Crippen LogP contribution is -2.01. The quantitative estimate of drug-likeness (QED) is 0.484. The number of nitrogens with two attached hydrogens (primary N) is 1. The van der Waals surface area contributed by atoms with E-state index in [1.807, 2.05) is 24.3 Å². The third-order valence-electron chi connectivity index (χ3n) is 4.19. The summed E-state index contributed by atoms with van der Waals surface area (Å²) in [5.41, 5.74) is 8.39. The first-order chi connectivity index (χ1) is 15.1. The number of hydrogen-bond donors (Lipinski definition) is 2. The number of anilines is 3. The van der Waals surface area contributed by atoms with Gasteiger partial charge in [0.25, 0.3) is 0 Å². The molecule has 0 spiro atoms. The maximum atomic E-state index is 8.94. The number of methoxy groups -OCH3 is 1. The van der Waals surface area contributed by atoms with Gasteiger partial charge in [-0.15, -0.1) is 0 Å². The van der Waals surface area contributed by atoms with Crippen molar-refractivity contribution in [1.82, 2.24) is 19.9 Å². The Morgan fingerprint density at radius 2 is 1.81 bits per heavy atom. The van der Waals surface area contributed by atoms with E-state index >= 15 is 0 Å². The highest BCUT2D eigenvalue weighted by Gasteiger charge is 2.07.